The van der Waals surface area contributed by atoms with Gasteiger partial charge in [-0.3, -0.25) is 0 Å². The Morgan fingerprint density at radius 3 is 2.29 bits per heavy atom. The number of benzene rings is 1. The molecule has 3 nitrogen and oxygen atoms in total. The van der Waals surface area contributed by atoms with Gasteiger partial charge in [-0.2, -0.15) is 13.2 Å². The summed E-state index contributed by atoms with van der Waals surface area (Å²) in [4.78, 5) is 0. The first kappa shape index (κ1) is 23.9. The zero-order valence-electron chi connectivity index (χ0n) is 16.2. The second-order valence-corrected chi connectivity index (χ2v) is 6.44. The quantitative estimate of drug-likeness (QED) is 0.217. The molecule has 1 rings (SSSR count). The molecule has 0 saturated carbocycles. The van der Waals surface area contributed by atoms with Crippen LogP contribution in [0.4, 0.5) is 17.6 Å². The molecule has 0 aliphatic heterocycles. The topological polar surface area (TPSA) is 30.5 Å². The SMILES string of the molecule is C=C(F)/C=C(/OCCOCCNC(c1ccccc1)C(F)(F)F)C(=C)C(C)C. The Bertz CT molecular complexity index is 654. The molecule has 1 N–H and O–H groups in total. The standard InChI is InChI=1S/C21H27F4NO2/c1-15(2)17(4)19(14-16(3)22)28-13-12-27-11-10-26-20(21(23,24)25)18-8-6-5-7-9-18/h5-9,14-15,20,26H,3-4,10-13H2,1-2H3/b19-14+. The van der Waals surface area contributed by atoms with E-state index >= 15 is 0 Å². The van der Waals surface area contributed by atoms with Crippen LogP contribution in [0, 0.1) is 5.92 Å². The van der Waals surface area contributed by atoms with E-state index in [1.54, 1.807) is 18.2 Å². The monoisotopic (exact) mass is 401 g/mol. The third kappa shape index (κ3) is 8.71. The van der Waals surface area contributed by atoms with E-state index in [4.69, 9.17) is 9.47 Å². The lowest BCUT2D eigenvalue weighted by molar-refractivity contribution is -0.158. The molecule has 1 aromatic rings. The summed E-state index contributed by atoms with van der Waals surface area (Å²) in [5.41, 5.74) is 0.767. The molecule has 0 aliphatic carbocycles. The van der Waals surface area contributed by atoms with Crippen LogP contribution < -0.4 is 5.32 Å². The lowest BCUT2D eigenvalue weighted by Crippen LogP contribution is -2.36. The molecule has 0 saturated heterocycles. The number of nitrogens with one attached hydrogen (secondary N) is 1. The molecule has 0 amide bonds. The molecule has 0 aliphatic rings. The molecule has 0 heterocycles. The molecule has 1 unspecified atom stereocenters. The zero-order chi connectivity index (χ0) is 21.2. The van der Waals surface area contributed by atoms with E-state index in [0.717, 1.165) is 6.08 Å². The maximum atomic E-state index is 13.2. The minimum Gasteiger partial charge on any atom is -0.491 e. The third-order valence-corrected chi connectivity index (χ3v) is 3.84. The fourth-order valence-corrected chi connectivity index (χ4v) is 2.31. The predicted octanol–water partition coefficient (Wildman–Crippen LogP) is 5.49. The van der Waals surface area contributed by atoms with Crippen molar-refractivity contribution < 1.29 is 27.0 Å². The van der Waals surface area contributed by atoms with E-state index in [0.29, 0.717) is 5.57 Å². The first-order valence-corrected chi connectivity index (χ1v) is 8.93. The van der Waals surface area contributed by atoms with Crippen LogP contribution in [-0.4, -0.2) is 32.5 Å². The Hall–Kier alpha value is -2.12. The van der Waals surface area contributed by atoms with Gasteiger partial charge in [0.15, 0.2) is 0 Å². The Morgan fingerprint density at radius 1 is 1.11 bits per heavy atom. The number of halogens is 4. The van der Waals surface area contributed by atoms with Gasteiger partial charge < -0.3 is 14.8 Å². The number of allylic oxidation sites excluding steroid dienone is 3. The van der Waals surface area contributed by atoms with Gasteiger partial charge in [0.2, 0.25) is 0 Å². The van der Waals surface area contributed by atoms with Crippen molar-refractivity contribution in [3.8, 4) is 0 Å². The Morgan fingerprint density at radius 2 is 1.75 bits per heavy atom. The molecule has 0 aromatic heterocycles. The number of alkyl halides is 3. The molecule has 0 spiro atoms. The Balaban J connectivity index is 2.40. The summed E-state index contributed by atoms with van der Waals surface area (Å²) >= 11 is 0. The molecule has 1 atom stereocenters. The lowest BCUT2D eigenvalue weighted by Gasteiger charge is -2.22. The highest BCUT2D eigenvalue weighted by Crippen LogP contribution is 2.32. The van der Waals surface area contributed by atoms with Crippen LogP contribution in [0.3, 0.4) is 0 Å². The summed E-state index contributed by atoms with van der Waals surface area (Å²) < 4.78 is 63.4. The molecular formula is C21H27F4NO2. The van der Waals surface area contributed by atoms with E-state index in [-0.39, 0.29) is 43.6 Å². The maximum absolute atomic E-state index is 13.2. The van der Waals surface area contributed by atoms with Crippen LogP contribution in [0.15, 0.2) is 66.7 Å². The highest BCUT2D eigenvalue weighted by Gasteiger charge is 2.40. The van der Waals surface area contributed by atoms with Gasteiger partial charge in [0.1, 0.15) is 24.2 Å². The summed E-state index contributed by atoms with van der Waals surface area (Å²) in [5.74, 6) is -0.306. The van der Waals surface area contributed by atoms with Crippen LogP contribution in [0.1, 0.15) is 25.5 Å². The van der Waals surface area contributed by atoms with E-state index in [2.05, 4.69) is 18.5 Å². The van der Waals surface area contributed by atoms with Crippen molar-refractivity contribution in [1.29, 1.82) is 0 Å². The minimum absolute atomic E-state index is 0.0156. The van der Waals surface area contributed by atoms with E-state index in [1.807, 2.05) is 13.8 Å². The lowest BCUT2D eigenvalue weighted by atomic mass is 10.0. The molecule has 0 fully saturated rings. The van der Waals surface area contributed by atoms with Gasteiger partial charge in [0.05, 0.1) is 13.2 Å². The Kier molecular flexibility index (Phi) is 9.96. The first-order chi connectivity index (χ1) is 13.1. The van der Waals surface area contributed by atoms with E-state index in [1.165, 1.54) is 12.1 Å². The van der Waals surface area contributed by atoms with Crippen molar-refractivity contribution in [2.45, 2.75) is 26.1 Å². The molecule has 156 valence electrons. The average Bonchev–Trinajstić information content (AvgIpc) is 2.61. The minimum atomic E-state index is -4.41. The smallest absolute Gasteiger partial charge is 0.407 e. The number of rotatable bonds is 12. The molecule has 28 heavy (non-hydrogen) atoms. The van der Waals surface area contributed by atoms with Crippen LogP contribution >= 0.6 is 0 Å². The van der Waals surface area contributed by atoms with Gasteiger partial charge in [-0.25, -0.2) is 4.39 Å². The summed E-state index contributed by atoms with van der Waals surface area (Å²) in [6.45, 7) is 11.2. The molecule has 0 radical (unpaired) electrons. The summed E-state index contributed by atoms with van der Waals surface area (Å²) in [5, 5.41) is 2.46. The normalized spacial score (nSPS) is 13.5. The molecule has 7 heteroatoms. The van der Waals surface area contributed by atoms with E-state index in [9.17, 15) is 17.6 Å². The number of ether oxygens (including phenoxy) is 2. The fraction of sp³-hybridized carbons (Fsp3) is 0.429. The van der Waals surface area contributed by atoms with Gasteiger partial charge in [-0.15, -0.1) is 0 Å². The van der Waals surface area contributed by atoms with Crippen molar-refractivity contribution in [3.63, 3.8) is 0 Å². The van der Waals surface area contributed by atoms with Crippen molar-refractivity contribution in [3.05, 3.63) is 72.3 Å². The number of hydrogen-bond donors (Lipinski definition) is 1. The average molecular weight is 401 g/mol. The van der Waals surface area contributed by atoms with Gasteiger partial charge in [-0.1, -0.05) is 57.3 Å². The van der Waals surface area contributed by atoms with Crippen LogP contribution in [0.25, 0.3) is 0 Å². The van der Waals surface area contributed by atoms with Crippen molar-refractivity contribution in [1.82, 2.24) is 5.32 Å². The van der Waals surface area contributed by atoms with Gasteiger partial charge in [-0.05, 0) is 17.1 Å². The first-order valence-electron chi connectivity index (χ1n) is 8.93. The highest BCUT2D eigenvalue weighted by atomic mass is 19.4. The largest absolute Gasteiger partial charge is 0.491 e. The van der Waals surface area contributed by atoms with Crippen LogP contribution in [0.2, 0.25) is 0 Å². The van der Waals surface area contributed by atoms with Gasteiger partial charge in [0, 0.05) is 12.6 Å². The molecular weight excluding hydrogens is 374 g/mol. The second-order valence-electron chi connectivity index (χ2n) is 6.44. The van der Waals surface area contributed by atoms with E-state index < -0.39 is 18.0 Å². The van der Waals surface area contributed by atoms with Crippen molar-refractivity contribution in [2.24, 2.45) is 5.92 Å². The van der Waals surface area contributed by atoms with Crippen LogP contribution in [-0.2, 0) is 9.47 Å². The van der Waals surface area contributed by atoms with Crippen molar-refractivity contribution in [2.75, 3.05) is 26.4 Å². The third-order valence-electron chi connectivity index (χ3n) is 3.84. The summed E-state index contributed by atoms with van der Waals surface area (Å²) in [6, 6.07) is 5.88. The predicted molar refractivity (Wildman–Crippen MR) is 102 cm³/mol. The molecule has 1 aromatic carbocycles. The highest BCUT2D eigenvalue weighted by molar-refractivity contribution is 5.29. The number of hydrogen-bond acceptors (Lipinski definition) is 3. The van der Waals surface area contributed by atoms with Gasteiger partial charge >= 0.3 is 6.18 Å². The Labute approximate surface area is 163 Å². The van der Waals surface area contributed by atoms with Crippen molar-refractivity contribution >= 4 is 0 Å². The second kappa shape index (κ2) is 11.7. The summed E-state index contributed by atoms with van der Waals surface area (Å²) in [7, 11) is 0. The fourth-order valence-electron chi connectivity index (χ4n) is 2.31. The zero-order valence-corrected chi connectivity index (χ0v) is 16.2. The maximum Gasteiger partial charge on any atom is 0.407 e. The molecule has 0 bridgehead atoms. The van der Waals surface area contributed by atoms with Crippen LogP contribution in [0.5, 0.6) is 0 Å². The summed E-state index contributed by atoms with van der Waals surface area (Å²) in [6.07, 6.45) is -3.26. The van der Waals surface area contributed by atoms with Gasteiger partial charge in [0.25, 0.3) is 0 Å².